The molecule has 3 heterocycles. The monoisotopic (exact) mass is 370 g/mol. The smallest absolute Gasteiger partial charge is 0.147 e. The first kappa shape index (κ1) is 17.6. The Morgan fingerprint density at radius 3 is 2.85 bits per heavy atom. The predicted molar refractivity (Wildman–Crippen MR) is 108 cm³/mol. The van der Waals surface area contributed by atoms with Gasteiger partial charge in [0.15, 0.2) is 0 Å². The first-order valence-corrected chi connectivity index (χ1v) is 10.5. The number of aromatic nitrogens is 3. The molecule has 0 radical (unpaired) electrons. The van der Waals surface area contributed by atoms with E-state index in [1.807, 2.05) is 0 Å². The van der Waals surface area contributed by atoms with E-state index in [1.54, 1.807) is 17.7 Å². The molecular weight excluding hydrogens is 344 g/mol. The SMILES string of the molecule is CCCCc1nc2sc3c(NC(CC)CO)ncnc3c2c2c1CCC2. The van der Waals surface area contributed by atoms with Gasteiger partial charge in [-0.1, -0.05) is 20.3 Å². The summed E-state index contributed by atoms with van der Waals surface area (Å²) in [5.74, 6) is 0.820. The number of hydrogen-bond donors (Lipinski definition) is 2. The molecule has 3 aromatic rings. The van der Waals surface area contributed by atoms with Crippen molar-refractivity contribution in [3.05, 3.63) is 23.1 Å². The second-order valence-electron chi connectivity index (χ2n) is 7.09. The first-order chi connectivity index (χ1) is 12.8. The summed E-state index contributed by atoms with van der Waals surface area (Å²) < 4.78 is 1.06. The van der Waals surface area contributed by atoms with Crippen LogP contribution in [0.15, 0.2) is 6.33 Å². The van der Waals surface area contributed by atoms with Crippen LogP contribution in [-0.4, -0.2) is 32.7 Å². The van der Waals surface area contributed by atoms with Crippen LogP contribution in [0.25, 0.3) is 20.4 Å². The van der Waals surface area contributed by atoms with Gasteiger partial charge in [-0.2, -0.15) is 0 Å². The van der Waals surface area contributed by atoms with Crippen molar-refractivity contribution in [3.63, 3.8) is 0 Å². The lowest BCUT2D eigenvalue weighted by atomic mass is 10.0. The Morgan fingerprint density at radius 1 is 1.23 bits per heavy atom. The topological polar surface area (TPSA) is 70.9 Å². The summed E-state index contributed by atoms with van der Waals surface area (Å²) in [6, 6.07) is 0.0112. The Kier molecular flexibility index (Phi) is 5.05. The van der Waals surface area contributed by atoms with Gasteiger partial charge in [-0.3, -0.25) is 0 Å². The van der Waals surface area contributed by atoms with Crippen molar-refractivity contribution in [2.24, 2.45) is 0 Å². The highest BCUT2D eigenvalue weighted by Gasteiger charge is 2.24. The van der Waals surface area contributed by atoms with E-state index >= 15 is 0 Å². The molecule has 2 N–H and O–H groups in total. The van der Waals surface area contributed by atoms with Crippen LogP contribution in [0.5, 0.6) is 0 Å². The zero-order valence-corrected chi connectivity index (χ0v) is 16.3. The zero-order valence-electron chi connectivity index (χ0n) is 15.5. The van der Waals surface area contributed by atoms with Gasteiger partial charge < -0.3 is 10.4 Å². The maximum absolute atomic E-state index is 9.53. The Balaban J connectivity index is 1.89. The highest BCUT2D eigenvalue weighted by molar-refractivity contribution is 7.26. The number of thiophene rings is 1. The lowest BCUT2D eigenvalue weighted by Crippen LogP contribution is -2.23. The van der Waals surface area contributed by atoms with Crippen LogP contribution in [0.3, 0.4) is 0 Å². The number of unbranched alkanes of at least 4 members (excludes halogenated alkanes) is 1. The van der Waals surface area contributed by atoms with Gasteiger partial charge in [-0.05, 0) is 49.7 Å². The summed E-state index contributed by atoms with van der Waals surface area (Å²) in [7, 11) is 0. The van der Waals surface area contributed by atoms with E-state index in [1.165, 1.54) is 41.5 Å². The second kappa shape index (κ2) is 7.45. The average molecular weight is 371 g/mol. The van der Waals surface area contributed by atoms with Crippen LogP contribution in [-0.2, 0) is 19.3 Å². The molecular formula is C20H26N4OS. The van der Waals surface area contributed by atoms with Crippen molar-refractivity contribution in [1.82, 2.24) is 15.0 Å². The number of hydrogen-bond acceptors (Lipinski definition) is 6. The number of aliphatic hydroxyl groups excluding tert-OH is 1. The minimum Gasteiger partial charge on any atom is -0.394 e. The lowest BCUT2D eigenvalue weighted by molar-refractivity contribution is 0.271. The Hall–Kier alpha value is -1.79. The molecule has 0 aliphatic heterocycles. The molecule has 3 aromatic heterocycles. The molecule has 0 saturated heterocycles. The van der Waals surface area contributed by atoms with Gasteiger partial charge in [-0.25, -0.2) is 15.0 Å². The molecule has 6 heteroatoms. The van der Waals surface area contributed by atoms with E-state index in [0.29, 0.717) is 0 Å². The van der Waals surface area contributed by atoms with E-state index in [2.05, 4.69) is 29.1 Å². The second-order valence-corrected chi connectivity index (χ2v) is 8.09. The summed E-state index contributed by atoms with van der Waals surface area (Å²) in [6.45, 7) is 4.39. The maximum atomic E-state index is 9.53. The van der Waals surface area contributed by atoms with Crippen molar-refractivity contribution >= 4 is 37.6 Å². The van der Waals surface area contributed by atoms with Crippen LogP contribution in [0.4, 0.5) is 5.82 Å². The van der Waals surface area contributed by atoms with Crippen molar-refractivity contribution in [1.29, 1.82) is 0 Å². The van der Waals surface area contributed by atoms with Gasteiger partial charge in [0, 0.05) is 11.1 Å². The summed E-state index contributed by atoms with van der Waals surface area (Å²) in [5.41, 5.74) is 5.25. The fraction of sp³-hybridized carbons (Fsp3) is 0.550. The molecule has 0 aromatic carbocycles. The number of anilines is 1. The van der Waals surface area contributed by atoms with Crippen LogP contribution in [0, 0.1) is 0 Å². The number of nitrogens with one attached hydrogen (secondary N) is 1. The molecule has 1 aliphatic carbocycles. The molecule has 5 nitrogen and oxygen atoms in total. The van der Waals surface area contributed by atoms with Crippen LogP contribution in [0.2, 0.25) is 0 Å². The highest BCUT2D eigenvalue weighted by Crippen LogP contribution is 2.41. The summed E-state index contributed by atoms with van der Waals surface area (Å²) in [4.78, 5) is 15.2. The third kappa shape index (κ3) is 2.95. The molecule has 0 spiro atoms. The van der Waals surface area contributed by atoms with Crippen LogP contribution in [0.1, 0.15) is 56.4 Å². The lowest BCUT2D eigenvalue weighted by Gasteiger charge is -2.14. The van der Waals surface area contributed by atoms with Crippen molar-refractivity contribution in [2.75, 3.05) is 11.9 Å². The van der Waals surface area contributed by atoms with E-state index in [9.17, 15) is 5.11 Å². The highest BCUT2D eigenvalue weighted by atomic mass is 32.1. The molecule has 26 heavy (non-hydrogen) atoms. The molecule has 4 rings (SSSR count). The van der Waals surface area contributed by atoms with Crippen molar-refractivity contribution < 1.29 is 5.11 Å². The number of aliphatic hydroxyl groups is 1. The number of fused-ring (bicyclic) bond motifs is 5. The Bertz CT molecular complexity index is 933. The number of aryl methyl sites for hydroxylation is 2. The minimum absolute atomic E-state index is 0.0112. The summed E-state index contributed by atoms with van der Waals surface area (Å²) >= 11 is 1.68. The third-order valence-electron chi connectivity index (χ3n) is 5.38. The summed E-state index contributed by atoms with van der Waals surface area (Å²) in [5, 5.41) is 14.1. The number of nitrogens with zero attached hydrogens (tertiary/aromatic N) is 3. The zero-order chi connectivity index (χ0) is 18.1. The van der Waals surface area contributed by atoms with Gasteiger partial charge in [0.25, 0.3) is 0 Å². The van der Waals surface area contributed by atoms with E-state index in [4.69, 9.17) is 4.98 Å². The Morgan fingerprint density at radius 2 is 2.08 bits per heavy atom. The molecule has 0 amide bonds. The van der Waals surface area contributed by atoms with Crippen molar-refractivity contribution in [2.45, 2.75) is 64.8 Å². The number of rotatable bonds is 7. The van der Waals surface area contributed by atoms with Gasteiger partial charge in [0.05, 0.1) is 22.9 Å². The van der Waals surface area contributed by atoms with Gasteiger partial charge >= 0.3 is 0 Å². The van der Waals surface area contributed by atoms with E-state index < -0.39 is 0 Å². The van der Waals surface area contributed by atoms with Crippen LogP contribution < -0.4 is 5.32 Å². The average Bonchev–Trinajstić information content (AvgIpc) is 3.28. The molecule has 0 fully saturated rings. The number of pyridine rings is 1. The van der Waals surface area contributed by atoms with Crippen LogP contribution >= 0.6 is 11.3 Å². The van der Waals surface area contributed by atoms with Gasteiger partial charge in [-0.15, -0.1) is 11.3 Å². The van der Waals surface area contributed by atoms with Gasteiger partial charge in [0.1, 0.15) is 17.0 Å². The normalized spacial score (nSPS) is 14.9. The first-order valence-electron chi connectivity index (χ1n) is 9.72. The third-order valence-corrected chi connectivity index (χ3v) is 6.46. The largest absolute Gasteiger partial charge is 0.394 e. The quantitative estimate of drug-likeness (QED) is 0.650. The Labute approximate surface area is 157 Å². The fourth-order valence-electron chi connectivity index (χ4n) is 3.90. The predicted octanol–water partition coefficient (Wildman–Crippen LogP) is 4.25. The van der Waals surface area contributed by atoms with Gasteiger partial charge in [0.2, 0.25) is 0 Å². The van der Waals surface area contributed by atoms with E-state index in [-0.39, 0.29) is 12.6 Å². The molecule has 1 aliphatic rings. The molecule has 1 atom stereocenters. The maximum Gasteiger partial charge on any atom is 0.147 e. The van der Waals surface area contributed by atoms with Crippen molar-refractivity contribution in [3.8, 4) is 0 Å². The fourth-order valence-corrected chi connectivity index (χ4v) is 5.03. The molecule has 1 unspecified atom stereocenters. The molecule has 0 bridgehead atoms. The minimum atomic E-state index is 0.0112. The molecule has 0 saturated carbocycles. The molecule has 138 valence electrons. The standard InChI is InChI=1S/C20H26N4OS/c1-3-5-9-15-13-7-6-8-14(13)16-17-18(26-20(16)24-15)19(22-11-21-17)23-12(4-2)10-25/h11-12,25H,3-10H2,1-2H3,(H,21,22,23). The summed E-state index contributed by atoms with van der Waals surface area (Å²) in [6.07, 6.45) is 9.42. The van der Waals surface area contributed by atoms with E-state index in [0.717, 1.165) is 46.5 Å².